The highest BCUT2D eigenvalue weighted by atomic mass is 28.2. The maximum absolute atomic E-state index is 10.2. The van der Waals surface area contributed by atoms with Crippen LogP contribution in [0.15, 0.2) is 84.9 Å². The first-order valence-corrected chi connectivity index (χ1v) is 11.1. The fraction of sp³-hybridized carbons (Fsp3) is 0.280. The van der Waals surface area contributed by atoms with Crippen molar-refractivity contribution in [1.29, 1.82) is 0 Å². The van der Waals surface area contributed by atoms with Gasteiger partial charge in [-0.1, -0.05) is 99.6 Å². The van der Waals surface area contributed by atoms with E-state index in [2.05, 4.69) is 81.4 Å². The lowest BCUT2D eigenvalue weighted by atomic mass is 9.80. The number of benzene rings is 3. The largest absolute Gasteiger partial charge is 0.406 e. The number of hydrogen-bond donors (Lipinski definition) is 1. The van der Waals surface area contributed by atoms with E-state index in [1.165, 1.54) is 0 Å². The molecule has 0 heterocycles. The molecule has 0 aliphatic heterocycles. The normalized spacial score (nSPS) is 13.8. The fourth-order valence-corrected chi connectivity index (χ4v) is 4.59. The SMILES string of the molecule is CC(O)c1cccc(C(O[SiH2]C(C)(C)C)(c2ccccc2)c2ccccc2)c1. The van der Waals surface area contributed by atoms with E-state index in [-0.39, 0.29) is 5.04 Å². The van der Waals surface area contributed by atoms with Crippen LogP contribution in [0.25, 0.3) is 0 Å². The summed E-state index contributed by atoms with van der Waals surface area (Å²) in [6, 6.07) is 29.1. The summed E-state index contributed by atoms with van der Waals surface area (Å²) in [6.07, 6.45) is -0.524. The highest BCUT2D eigenvalue weighted by molar-refractivity contribution is 6.32. The Morgan fingerprint density at radius 2 is 1.25 bits per heavy atom. The van der Waals surface area contributed by atoms with E-state index in [0.717, 1.165) is 22.3 Å². The second-order valence-corrected chi connectivity index (χ2v) is 11.3. The average Bonchev–Trinajstić information content (AvgIpc) is 2.69. The molecule has 0 spiro atoms. The molecule has 0 aromatic heterocycles. The molecule has 0 bridgehead atoms. The molecule has 3 aromatic carbocycles. The van der Waals surface area contributed by atoms with E-state index in [4.69, 9.17) is 4.43 Å². The quantitative estimate of drug-likeness (QED) is 0.454. The lowest BCUT2D eigenvalue weighted by molar-refractivity contribution is 0.155. The van der Waals surface area contributed by atoms with Crippen LogP contribution in [0.5, 0.6) is 0 Å². The lowest BCUT2D eigenvalue weighted by Crippen LogP contribution is -2.36. The second-order valence-electron chi connectivity index (χ2n) is 8.56. The Hall–Kier alpha value is -2.20. The first-order valence-electron chi connectivity index (χ1n) is 9.86. The van der Waals surface area contributed by atoms with Crippen molar-refractivity contribution in [1.82, 2.24) is 0 Å². The van der Waals surface area contributed by atoms with Gasteiger partial charge in [0.15, 0.2) is 9.76 Å². The van der Waals surface area contributed by atoms with Gasteiger partial charge in [-0.3, -0.25) is 0 Å². The minimum absolute atomic E-state index is 0.149. The van der Waals surface area contributed by atoms with Crippen molar-refractivity contribution in [2.75, 3.05) is 0 Å². The summed E-state index contributed by atoms with van der Waals surface area (Å²) >= 11 is 0. The summed E-state index contributed by atoms with van der Waals surface area (Å²) in [5.74, 6) is 0. The molecule has 0 aliphatic carbocycles. The van der Waals surface area contributed by atoms with Gasteiger partial charge < -0.3 is 9.53 Å². The Morgan fingerprint density at radius 3 is 1.71 bits per heavy atom. The van der Waals surface area contributed by atoms with Gasteiger partial charge in [0, 0.05) is 0 Å². The number of hydrogen-bond acceptors (Lipinski definition) is 2. The molecule has 3 aromatic rings. The zero-order valence-electron chi connectivity index (χ0n) is 17.2. The molecule has 3 rings (SSSR count). The van der Waals surface area contributed by atoms with E-state index in [0.29, 0.717) is 0 Å². The Bertz CT molecular complexity index is 844. The van der Waals surface area contributed by atoms with Crippen LogP contribution in [0, 0.1) is 0 Å². The summed E-state index contributed by atoms with van der Waals surface area (Å²) in [6.45, 7) is 8.53. The third kappa shape index (κ3) is 4.44. The van der Waals surface area contributed by atoms with Crippen LogP contribution in [-0.2, 0) is 10.0 Å². The molecule has 0 amide bonds. The molecule has 0 fully saturated rings. The monoisotopic (exact) mass is 390 g/mol. The molecule has 0 radical (unpaired) electrons. The molecule has 3 heteroatoms. The molecule has 28 heavy (non-hydrogen) atoms. The van der Waals surface area contributed by atoms with Crippen molar-refractivity contribution in [3.8, 4) is 0 Å². The Labute approximate surface area is 171 Å². The number of rotatable bonds is 6. The fourth-order valence-electron chi connectivity index (χ4n) is 3.44. The van der Waals surface area contributed by atoms with Gasteiger partial charge in [-0.05, 0) is 40.3 Å². The molecular weight excluding hydrogens is 360 g/mol. The molecule has 0 saturated carbocycles. The topological polar surface area (TPSA) is 29.5 Å². The van der Waals surface area contributed by atoms with Crippen LogP contribution < -0.4 is 0 Å². The smallest absolute Gasteiger partial charge is 0.169 e. The Balaban J connectivity index is 2.28. The standard InChI is InChI=1S/C25H30O2Si/c1-19(26)20-12-11-17-23(18-20)25(27-28-24(2,3)4,21-13-7-5-8-14-21)22-15-9-6-10-16-22/h5-19,26H,28H2,1-4H3. The van der Waals surface area contributed by atoms with Crippen molar-refractivity contribution >= 4 is 9.76 Å². The predicted octanol–water partition coefficient (Wildman–Crippen LogP) is 5.35. The van der Waals surface area contributed by atoms with E-state index in [1.54, 1.807) is 6.92 Å². The molecule has 2 nitrogen and oxygen atoms in total. The summed E-state index contributed by atoms with van der Waals surface area (Å²) < 4.78 is 6.94. The molecule has 1 N–H and O–H groups in total. The molecule has 1 atom stereocenters. The second kappa shape index (κ2) is 8.44. The minimum Gasteiger partial charge on any atom is -0.406 e. The van der Waals surface area contributed by atoms with Crippen molar-refractivity contribution in [3.05, 3.63) is 107 Å². The van der Waals surface area contributed by atoms with Gasteiger partial charge in [-0.2, -0.15) is 0 Å². The highest BCUT2D eigenvalue weighted by Crippen LogP contribution is 2.42. The van der Waals surface area contributed by atoms with E-state index < -0.39 is 21.5 Å². The number of aliphatic hydroxyl groups is 1. The van der Waals surface area contributed by atoms with Crippen LogP contribution in [-0.4, -0.2) is 14.9 Å². The van der Waals surface area contributed by atoms with Crippen LogP contribution >= 0.6 is 0 Å². The summed E-state index contributed by atoms with van der Waals surface area (Å²) in [5, 5.41) is 10.3. The van der Waals surface area contributed by atoms with E-state index >= 15 is 0 Å². The third-order valence-corrected chi connectivity index (χ3v) is 6.30. The van der Waals surface area contributed by atoms with Gasteiger partial charge in [-0.15, -0.1) is 0 Å². The van der Waals surface area contributed by atoms with E-state index in [1.807, 2.05) is 24.3 Å². The lowest BCUT2D eigenvalue weighted by Gasteiger charge is -2.38. The highest BCUT2D eigenvalue weighted by Gasteiger charge is 2.38. The van der Waals surface area contributed by atoms with Crippen LogP contribution in [0.4, 0.5) is 0 Å². The first kappa shape index (κ1) is 20.5. The van der Waals surface area contributed by atoms with Crippen LogP contribution in [0.1, 0.15) is 56.1 Å². The van der Waals surface area contributed by atoms with Crippen LogP contribution in [0.3, 0.4) is 0 Å². The van der Waals surface area contributed by atoms with Gasteiger partial charge >= 0.3 is 0 Å². The van der Waals surface area contributed by atoms with Crippen molar-refractivity contribution in [3.63, 3.8) is 0 Å². The van der Waals surface area contributed by atoms with Gasteiger partial charge in [0.05, 0.1) is 6.10 Å². The summed E-state index contributed by atoms with van der Waals surface area (Å²) in [5.41, 5.74) is 3.49. The number of aliphatic hydroxyl groups excluding tert-OH is 1. The predicted molar refractivity (Wildman–Crippen MR) is 119 cm³/mol. The minimum atomic E-state index is -0.880. The Kier molecular flexibility index (Phi) is 6.19. The van der Waals surface area contributed by atoms with Crippen molar-refractivity contribution in [2.45, 2.75) is 44.4 Å². The Morgan fingerprint density at radius 1 is 0.750 bits per heavy atom. The molecule has 146 valence electrons. The van der Waals surface area contributed by atoms with Crippen molar-refractivity contribution < 1.29 is 9.53 Å². The first-order chi connectivity index (χ1) is 13.3. The zero-order valence-corrected chi connectivity index (χ0v) is 18.6. The van der Waals surface area contributed by atoms with Gasteiger partial charge in [0.2, 0.25) is 0 Å². The van der Waals surface area contributed by atoms with Crippen molar-refractivity contribution in [2.24, 2.45) is 0 Å². The summed E-state index contributed by atoms with van der Waals surface area (Å²) in [4.78, 5) is 0. The van der Waals surface area contributed by atoms with Gasteiger partial charge in [0.25, 0.3) is 0 Å². The van der Waals surface area contributed by atoms with E-state index in [9.17, 15) is 5.11 Å². The zero-order chi connectivity index (χ0) is 20.2. The molecular formula is C25H30O2Si. The van der Waals surface area contributed by atoms with Gasteiger partial charge in [0.1, 0.15) is 5.60 Å². The maximum atomic E-state index is 10.2. The molecule has 0 saturated heterocycles. The average molecular weight is 391 g/mol. The maximum Gasteiger partial charge on any atom is 0.169 e. The molecule has 1 unspecified atom stereocenters. The summed E-state index contributed by atoms with van der Waals surface area (Å²) in [7, 11) is -0.880. The van der Waals surface area contributed by atoms with Crippen LogP contribution in [0.2, 0.25) is 5.04 Å². The van der Waals surface area contributed by atoms with Gasteiger partial charge in [-0.25, -0.2) is 0 Å². The molecule has 0 aliphatic rings. The third-order valence-electron chi connectivity index (χ3n) is 4.86.